The van der Waals surface area contributed by atoms with Gasteiger partial charge in [0.2, 0.25) is 0 Å². The molecule has 2 aromatic rings. The van der Waals surface area contributed by atoms with Gasteiger partial charge >= 0.3 is 21.1 Å². The van der Waals surface area contributed by atoms with Crippen molar-refractivity contribution in [1.82, 2.24) is 0 Å². The van der Waals surface area contributed by atoms with E-state index in [1.54, 1.807) is 12.1 Å². The van der Waals surface area contributed by atoms with Crippen molar-refractivity contribution in [1.29, 1.82) is 0 Å². The first-order valence-electron chi connectivity index (χ1n) is 7.32. The summed E-state index contributed by atoms with van der Waals surface area (Å²) in [5.41, 5.74) is 0. The van der Waals surface area contributed by atoms with Gasteiger partial charge in [-0.05, 0) is 25.7 Å². The Kier molecular flexibility index (Phi) is 15.5. The van der Waals surface area contributed by atoms with Gasteiger partial charge in [0.15, 0.2) is 0 Å². The minimum atomic E-state index is 0. The third-order valence-corrected chi connectivity index (χ3v) is 3.14. The minimum absolute atomic E-state index is 0. The summed E-state index contributed by atoms with van der Waals surface area (Å²) in [6.45, 7) is 0. The predicted octanol–water partition coefficient (Wildman–Crippen LogP) is 6.95. The molecule has 23 heavy (non-hydrogen) atoms. The maximum Gasteiger partial charge on any atom is 2.00 e. The standard InChI is InChI=1S/C8H12.2C6H4Cl.Pt/c1-2-4-6-8-7-5-3-1;2*7-6-4-2-1-3-5-6;/h1-2,7-8H,3-6H2;2*1-2,4-5H;/q;2*-1;+2. The molecule has 0 nitrogen and oxygen atoms in total. The van der Waals surface area contributed by atoms with Crippen LogP contribution in [0.2, 0.25) is 10.0 Å². The van der Waals surface area contributed by atoms with Crippen LogP contribution >= 0.6 is 23.2 Å². The average Bonchev–Trinajstić information content (AvgIpc) is 2.49. The van der Waals surface area contributed by atoms with Crippen molar-refractivity contribution in [2.24, 2.45) is 0 Å². The molecule has 0 saturated carbocycles. The molecule has 0 fully saturated rings. The summed E-state index contributed by atoms with van der Waals surface area (Å²) in [6, 6.07) is 20.1. The van der Waals surface area contributed by atoms with Crippen LogP contribution < -0.4 is 0 Å². The number of halogens is 2. The third-order valence-electron chi connectivity index (χ3n) is 2.67. The second-order valence-corrected chi connectivity index (χ2v) is 5.41. The number of hydrogen-bond donors (Lipinski definition) is 0. The van der Waals surface area contributed by atoms with Crippen LogP contribution in [0.3, 0.4) is 0 Å². The molecule has 3 heteroatoms. The van der Waals surface area contributed by atoms with Gasteiger partial charge in [0.05, 0.1) is 0 Å². The van der Waals surface area contributed by atoms with Crippen LogP contribution in [-0.2, 0) is 21.1 Å². The van der Waals surface area contributed by atoms with Gasteiger partial charge in [-0.25, -0.2) is 0 Å². The van der Waals surface area contributed by atoms with Gasteiger partial charge in [0.25, 0.3) is 0 Å². The Bertz CT molecular complexity index is 473. The van der Waals surface area contributed by atoms with E-state index < -0.39 is 0 Å². The second-order valence-electron chi connectivity index (χ2n) is 4.54. The molecule has 0 unspecified atom stereocenters. The zero-order chi connectivity index (χ0) is 15.9. The fraction of sp³-hybridized carbons (Fsp3) is 0.200. The van der Waals surface area contributed by atoms with Gasteiger partial charge < -0.3 is 0 Å². The van der Waals surface area contributed by atoms with E-state index in [1.165, 1.54) is 25.7 Å². The van der Waals surface area contributed by atoms with Gasteiger partial charge in [0.1, 0.15) is 0 Å². The van der Waals surface area contributed by atoms with Gasteiger partial charge in [0, 0.05) is 0 Å². The quantitative estimate of drug-likeness (QED) is 0.258. The van der Waals surface area contributed by atoms with Gasteiger partial charge in [-0.15, -0.1) is 0 Å². The van der Waals surface area contributed by atoms with Crippen molar-refractivity contribution in [3.05, 3.63) is 95.0 Å². The predicted molar refractivity (Wildman–Crippen MR) is 97.3 cm³/mol. The molecule has 124 valence electrons. The third kappa shape index (κ3) is 14.5. The summed E-state index contributed by atoms with van der Waals surface area (Å²) in [5.74, 6) is 0. The van der Waals surface area contributed by atoms with Crippen LogP contribution in [0.1, 0.15) is 25.7 Å². The summed E-state index contributed by atoms with van der Waals surface area (Å²) in [4.78, 5) is 0. The Balaban J connectivity index is 0.000000310. The van der Waals surface area contributed by atoms with Crippen LogP contribution in [-0.4, -0.2) is 0 Å². The summed E-state index contributed by atoms with van der Waals surface area (Å²) in [6.07, 6.45) is 14.0. The summed E-state index contributed by atoms with van der Waals surface area (Å²) >= 11 is 11.0. The van der Waals surface area contributed by atoms with E-state index in [0.717, 1.165) is 10.0 Å². The van der Waals surface area contributed by atoms with Gasteiger partial charge in [-0.3, -0.25) is 0 Å². The maximum atomic E-state index is 5.51. The average molecular weight is 526 g/mol. The van der Waals surface area contributed by atoms with E-state index in [4.69, 9.17) is 23.2 Å². The SMILES string of the molecule is C1=CCCC=CCC1.Clc1c[c-]ccc1.Clc1c[c-]ccc1.[Pt+2]. The van der Waals surface area contributed by atoms with Crippen LogP contribution in [0.4, 0.5) is 0 Å². The fourth-order valence-electron chi connectivity index (χ4n) is 1.60. The molecule has 0 spiro atoms. The molecule has 0 amide bonds. The molecule has 0 N–H and O–H groups in total. The zero-order valence-corrected chi connectivity index (χ0v) is 16.6. The molecule has 2 aromatic carbocycles. The second kappa shape index (κ2) is 16.1. The Morgan fingerprint density at radius 2 is 1.00 bits per heavy atom. The minimum Gasteiger partial charge on any atom is -0.182 e. The molecule has 0 aliphatic heterocycles. The molecule has 1 aliphatic carbocycles. The number of allylic oxidation sites excluding steroid dienone is 4. The van der Waals surface area contributed by atoms with Crippen molar-refractivity contribution < 1.29 is 21.1 Å². The molecule has 0 bridgehead atoms. The van der Waals surface area contributed by atoms with E-state index in [9.17, 15) is 0 Å². The smallest absolute Gasteiger partial charge is 0.182 e. The molecule has 0 atom stereocenters. The van der Waals surface area contributed by atoms with Crippen molar-refractivity contribution in [3.8, 4) is 0 Å². The molecular weight excluding hydrogens is 506 g/mol. The van der Waals surface area contributed by atoms with Crippen LogP contribution in [0.25, 0.3) is 0 Å². The monoisotopic (exact) mass is 525 g/mol. The topological polar surface area (TPSA) is 0 Å². The van der Waals surface area contributed by atoms with Crippen LogP contribution in [0.15, 0.2) is 72.8 Å². The van der Waals surface area contributed by atoms with Crippen molar-refractivity contribution >= 4 is 23.2 Å². The Morgan fingerprint density at radius 1 is 0.652 bits per heavy atom. The normalized spacial score (nSPS) is 12.3. The molecule has 0 saturated heterocycles. The molecule has 0 heterocycles. The number of hydrogen-bond acceptors (Lipinski definition) is 0. The Morgan fingerprint density at radius 3 is 1.17 bits per heavy atom. The molecule has 1 aliphatic rings. The molecule has 3 rings (SSSR count). The molecular formula is C20H20Cl2Pt. The van der Waals surface area contributed by atoms with Crippen molar-refractivity contribution in [2.45, 2.75) is 25.7 Å². The molecule has 0 aromatic heterocycles. The fourth-order valence-corrected chi connectivity index (χ4v) is 1.87. The maximum absolute atomic E-state index is 5.51. The van der Waals surface area contributed by atoms with E-state index in [-0.39, 0.29) is 21.1 Å². The van der Waals surface area contributed by atoms with Crippen LogP contribution in [0.5, 0.6) is 0 Å². The van der Waals surface area contributed by atoms with Crippen molar-refractivity contribution in [2.75, 3.05) is 0 Å². The van der Waals surface area contributed by atoms with Gasteiger partial charge in [-0.1, -0.05) is 34.3 Å². The van der Waals surface area contributed by atoms with E-state index in [0.29, 0.717) is 0 Å². The summed E-state index contributed by atoms with van der Waals surface area (Å²) in [7, 11) is 0. The Labute approximate surface area is 164 Å². The first kappa shape index (κ1) is 22.2. The first-order valence-corrected chi connectivity index (χ1v) is 8.08. The van der Waals surface area contributed by atoms with E-state index >= 15 is 0 Å². The summed E-state index contributed by atoms with van der Waals surface area (Å²) in [5, 5.41) is 1.48. The van der Waals surface area contributed by atoms with Crippen LogP contribution in [0, 0.1) is 12.1 Å². The largest absolute Gasteiger partial charge is 2.00 e. The number of benzene rings is 2. The summed E-state index contributed by atoms with van der Waals surface area (Å²) < 4.78 is 0. The molecule has 0 radical (unpaired) electrons. The van der Waals surface area contributed by atoms with E-state index in [1.807, 2.05) is 36.4 Å². The zero-order valence-electron chi connectivity index (χ0n) is 12.8. The van der Waals surface area contributed by atoms with E-state index in [2.05, 4.69) is 36.4 Å². The Hall–Kier alpha value is -0.812. The first-order chi connectivity index (χ1) is 10.8. The number of rotatable bonds is 0. The van der Waals surface area contributed by atoms with Crippen molar-refractivity contribution in [3.63, 3.8) is 0 Å². The van der Waals surface area contributed by atoms with Gasteiger partial charge in [-0.2, -0.15) is 83.9 Å².